The lowest BCUT2D eigenvalue weighted by Crippen LogP contribution is -2.26. The van der Waals surface area contributed by atoms with E-state index in [4.69, 9.17) is 4.74 Å². The number of aromatic amines is 2. The zero-order valence-electron chi connectivity index (χ0n) is 19.2. The fraction of sp³-hybridized carbons (Fsp3) is 0.304. The van der Waals surface area contributed by atoms with Crippen LogP contribution in [0.3, 0.4) is 0 Å². The number of ether oxygens (including phenoxy) is 1. The number of nitrogens with zero attached hydrogens (tertiary/aromatic N) is 3. The van der Waals surface area contributed by atoms with Crippen molar-refractivity contribution < 1.29 is 19.1 Å². The van der Waals surface area contributed by atoms with Gasteiger partial charge in [0.25, 0.3) is 5.56 Å². The molecule has 0 unspecified atom stereocenters. The Morgan fingerprint density at radius 2 is 2.06 bits per heavy atom. The molecular formula is C23H24N6O5S. The summed E-state index contributed by atoms with van der Waals surface area (Å²) in [6.07, 6.45) is 3.85. The summed E-state index contributed by atoms with van der Waals surface area (Å²) in [6.45, 7) is 4.23. The number of carbonyl (C=O) groups is 3. The van der Waals surface area contributed by atoms with Crippen LogP contribution in [0.1, 0.15) is 41.0 Å². The van der Waals surface area contributed by atoms with E-state index in [1.807, 2.05) is 6.92 Å². The second-order valence-electron chi connectivity index (χ2n) is 7.77. The number of esters is 1. The van der Waals surface area contributed by atoms with Gasteiger partial charge in [-0.05, 0) is 25.5 Å². The van der Waals surface area contributed by atoms with Crippen LogP contribution in [-0.4, -0.2) is 61.3 Å². The minimum absolute atomic E-state index is 0.00739. The monoisotopic (exact) mass is 496 g/mol. The number of fused-ring (bicyclic) bond motifs is 2. The zero-order chi connectivity index (χ0) is 24.9. The van der Waals surface area contributed by atoms with E-state index in [0.717, 1.165) is 23.6 Å². The van der Waals surface area contributed by atoms with Crippen molar-refractivity contribution in [2.45, 2.75) is 32.0 Å². The molecule has 0 aliphatic heterocycles. The predicted molar refractivity (Wildman–Crippen MR) is 131 cm³/mol. The number of hydrogen-bond donors (Lipinski definition) is 3. The molecule has 0 aliphatic rings. The molecule has 0 saturated heterocycles. The second-order valence-corrected chi connectivity index (χ2v) is 8.73. The first-order valence-electron chi connectivity index (χ1n) is 11.0. The maximum atomic E-state index is 12.5. The Morgan fingerprint density at radius 3 is 2.83 bits per heavy atom. The molecule has 11 nitrogen and oxygen atoms in total. The summed E-state index contributed by atoms with van der Waals surface area (Å²) < 4.78 is 6.86. The molecule has 0 radical (unpaired) electrons. The van der Waals surface area contributed by atoms with E-state index in [1.54, 1.807) is 24.4 Å². The lowest BCUT2D eigenvalue weighted by atomic mass is 10.1. The van der Waals surface area contributed by atoms with E-state index in [9.17, 15) is 19.2 Å². The average molecular weight is 497 g/mol. The van der Waals surface area contributed by atoms with Gasteiger partial charge < -0.3 is 20.0 Å². The van der Waals surface area contributed by atoms with Crippen molar-refractivity contribution in [1.82, 2.24) is 30.0 Å². The second kappa shape index (κ2) is 10.6. The molecule has 4 aromatic rings. The Bertz CT molecular complexity index is 1470. The van der Waals surface area contributed by atoms with Crippen molar-refractivity contribution in [3.8, 4) is 0 Å². The third-order valence-electron chi connectivity index (χ3n) is 5.23. The number of thioether (sulfide) groups is 1. The summed E-state index contributed by atoms with van der Waals surface area (Å²) in [5.74, 6) is -0.608. The van der Waals surface area contributed by atoms with Crippen LogP contribution in [0.15, 0.2) is 40.5 Å². The molecule has 3 N–H and O–H groups in total. The van der Waals surface area contributed by atoms with Crippen LogP contribution in [0.4, 0.5) is 0 Å². The zero-order valence-corrected chi connectivity index (χ0v) is 20.0. The number of amides is 1. The molecule has 1 aromatic carbocycles. The Morgan fingerprint density at radius 1 is 1.23 bits per heavy atom. The van der Waals surface area contributed by atoms with Crippen LogP contribution in [0.5, 0.6) is 0 Å². The number of hydrogen-bond acceptors (Lipinski definition) is 8. The van der Waals surface area contributed by atoms with Crippen LogP contribution in [-0.2, 0) is 16.1 Å². The highest BCUT2D eigenvalue weighted by Crippen LogP contribution is 2.21. The maximum absolute atomic E-state index is 12.5. The summed E-state index contributed by atoms with van der Waals surface area (Å²) in [6, 6.07) is 4.95. The van der Waals surface area contributed by atoms with Gasteiger partial charge >= 0.3 is 5.97 Å². The Hall–Kier alpha value is -3.93. The Labute approximate surface area is 203 Å². The van der Waals surface area contributed by atoms with E-state index < -0.39 is 5.97 Å². The van der Waals surface area contributed by atoms with Gasteiger partial charge in [-0.2, -0.15) is 5.10 Å². The highest BCUT2D eigenvalue weighted by molar-refractivity contribution is 7.99. The largest absolute Gasteiger partial charge is 0.460 e. The van der Waals surface area contributed by atoms with Crippen molar-refractivity contribution in [2.24, 2.45) is 0 Å². The predicted octanol–water partition coefficient (Wildman–Crippen LogP) is 2.28. The third kappa shape index (κ3) is 5.43. The number of rotatable bonds is 10. The molecule has 35 heavy (non-hydrogen) atoms. The molecule has 4 rings (SSSR count). The van der Waals surface area contributed by atoms with Gasteiger partial charge in [0.2, 0.25) is 5.91 Å². The highest BCUT2D eigenvalue weighted by atomic mass is 32.2. The molecule has 0 spiro atoms. The SMILES string of the molecule is CCCNC(=O)CSc1nc2c(cnn2CCOC(=O)c2ccc3c(C(C)=O)c[nH]c3c2)c(=O)[nH]1. The van der Waals surface area contributed by atoms with E-state index in [-0.39, 0.29) is 36.2 Å². The molecule has 3 aromatic heterocycles. The lowest BCUT2D eigenvalue weighted by Gasteiger charge is -2.07. The molecule has 0 fully saturated rings. The molecule has 0 bridgehead atoms. The smallest absolute Gasteiger partial charge is 0.338 e. The first-order valence-corrected chi connectivity index (χ1v) is 12.0. The van der Waals surface area contributed by atoms with Crippen LogP contribution in [0.2, 0.25) is 0 Å². The van der Waals surface area contributed by atoms with Gasteiger partial charge in [0.05, 0.1) is 24.1 Å². The lowest BCUT2D eigenvalue weighted by molar-refractivity contribution is -0.118. The van der Waals surface area contributed by atoms with E-state index in [2.05, 4.69) is 25.4 Å². The van der Waals surface area contributed by atoms with Gasteiger partial charge in [-0.25, -0.2) is 14.5 Å². The highest BCUT2D eigenvalue weighted by Gasteiger charge is 2.15. The Balaban J connectivity index is 1.40. The van der Waals surface area contributed by atoms with Crippen LogP contribution in [0, 0.1) is 0 Å². The number of benzene rings is 1. The van der Waals surface area contributed by atoms with Crippen molar-refractivity contribution in [2.75, 3.05) is 18.9 Å². The number of aromatic nitrogens is 5. The minimum atomic E-state index is -0.525. The van der Waals surface area contributed by atoms with Gasteiger partial charge in [0, 0.05) is 29.2 Å². The standard InChI is InChI=1S/C23H24N6O5S/c1-3-6-24-19(31)12-35-23-27-20-17(21(32)28-23)11-26-29(20)7-8-34-22(33)14-4-5-15-16(13(2)30)10-25-18(15)9-14/h4-5,9-11,25H,3,6-8,12H2,1-2H3,(H,24,31)(H,27,28,32). The van der Waals surface area contributed by atoms with Crippen LogP contribution >= 0.6 is 11.8 Å². The molecule has 3 heterocycles. The fourth-order valence-electron chi connectivity index (χ4n) is 3.48. The molecule has 0 aliphatic carbocycles. The number of ketones is 1. The normalized spacial score (nSPS) is 11.1. The molecule has 0 saturated carbocycles. The number of nitrogens with one attached hydrogen (secondary N) is 3. The number of Topliss-reactive ketones (excluding diaryl/α,β-unsaturated/α-hetero) is 1. The number of H-pyrrole nitrogens is 2. The maximum Gasteiger partial charge on any atom is 0.338 e. The van der Waals surface area contributed by atoms with E-state index in [0.29, 0.717) is 39.4 Å². The molecule has 182 valence electrons. The molecular weight excluding hydrogens is 472 g/mol. The Kier molecular flexibility index (Phi) is 7.30. The quantitative estimate of drug-likeness (QED) is 0.131. The van der Waals surface area contributed by atoms with Crippen molar-refractivity contribution in [3.63, 3.8) is 0 Å². The van der Waals surface area contributed by atoms with Gasteiger partial charge in [-0.15, -0.1) is 0 Å². The van der Waals surface area contributed by atoms with Crippen molar-refractivity contribution in [1.29, 1.82) is 0 Å². The topological polar surface area (TPSA) is 152 Å². The fourth-order valence-corrected chi connectivity index (χ4v) is 4.17. The van der Waals surface area contributed by atoms with E-state index >= 15 is 0 Å². The third-order valence-corrected chi connectivity index (χ3v) is 6.10. The first kappa shape index (κ1) is 24.2. The average Bonchev–Trinajstić information content (AvgIpc) is 3.45. The summed E-state index contributed by atoms with van der Waals surface area (Å²) in [4.78, 5) is 58.4. The molecule has 0 atom stereocenters. The molecule has 1 amide bonds. The summed E-state index contributed by atoms with van der Waals surface area (Å²) >= 11 is 1.12. The van der Waals surface area contributed by atoms with Gasteiger partial charge in [-0.1, -0.05) is 24.8 Å². The number of carbonyl (C=O) groups excluding carboxylic acids is 3. The van der Waals surface area contributed by atoms with Crippen LogP contribution in [0.25, 0.3) is 21.9 Å². The summed E-state index contributed by atoms with van der Waals surface area (Å²) in [5.41, 5.74) is 1.55. The summed E-state index contributed by atoms with van der Waals surface area (Å²) in [7, 11) is 0. The van der Waals surface area contributed by atoms with Crippen LogP contribution < -0.4 is 10.9 Å². The van der Waals surface area contributed by atoms with Gasteiger partial charge in [0.1, 0.15) is 12.0 Å². The van der Waals surface area contributed by atoms with Gasteiger partial charge in [0.15, 0.2) is 16.6 Å². The van der Waals surface area contributed by atoms with Crippen molar-refractivity contribution >= 4 is 51.4 Å². The van der Waals surface area contributed by atoms with Gasteiger partial charge in [-0.3, -0.25) is 14.4 Å². The molecule has 12 heteroatoms. The minimum Gasteiger partial charge on any atom is -0.460 e. The van der Waals surface area contributed by atoms with Crippen molar-refractivity contribution in [3.05, 3.63) is 52.1 Å². The first-order chi connectivity index (χ1) is 16.9. The van der Waals surface area contributed by atoms with E-state index in [1.165, 1.54) is 17.8 Å². The summed E-state index contributed by atoms with van der Waals surface area (Å²) in [5, 5.41) is 8.29.